The van der Waals surface area contributed by atoms with Crippen molar-refractivity contribution in [1.82, 2.24) is 70.3 Å². The number of aromatic nitrogens is 10. The number of carbonyl (C=O) groups is 1. The summed E-state index contributed by atoms with van der Waals surface area (Å²) in [6, 6.07) is 14.6. The van der Waals surface area contributed by atoms with Crippen molar-refractivity contribution < 1.29 is 9.21 Å². The van der Waals surface area contributed by atoms with E-state index in [0.29, 0.717) is 41.4 Å². The summed E-state index contributed by atoms with van der Waals surface area (Å²) in [4.78, 5) is 64.4. The number of rotatable bonds is 9. The van der Waals surface area contributed by atoms with Crippen molar-refractivity contribution in [1.29, 1.82) is 0 Å². The molecule has 3 saturated heterocycles. The summed E-state index contributed by atoms with van der Waals surface area (Å²) in [6.45, 7) is 20.9. The number of fused-ring (bicyclic) bond motifs is 11. The maximum atomic E-state index is 12.6. The first-order valence-electron chi connectivity index (χ1n) is 36.0. The Morgan fingerprint density at radius 3 is 1.61 bits per heavy atom. The van der Waals surface area contributed by atoms with Crippen LogP contribution in [0, 0.1) is 5.41 Å². The number of nitrogens with zero attached hydrogens (tertiary/aromatic N) is 14. The van der Waals surface area contributed by atoms with Crippen LogP contribution in [0.5, 0.6) is 0 Å². The number of nitrogens with one attached hydrogen (secondary N) is 6. The van der Waals surface area contributed by atoms with Gasteiger partial charge in [-0.3, -0.25) is 4.79 Å². The number of hydrogen-bond donors (Lipinski definition) is 6. The number of likely N-dealkylation sites (N-methyl/N-ethyl adjacent to an activating group) is 1. The van der Waals surface area contributed by atoms with Gasteiger partial charge in [0.2, 0.25) is 17.8 Å². The molecule has 13 heterocycles. The monoisotopic (exact) mass is 1300 g/mol. The van der Waals surface area contributed by atoms with Gasteiger partial charge in [0.05, 0.1) is 47.5 Å². The minimum Gasteiger partial charge on any atom is -0.449 e. The first kappa shape index (κ1) is 62.9. The van der Waals surface area contributed by atoms with E-state index in [-0.39, 0.29) is 22.2 Å². The summed E-state index contributed by atoms with van der Waals surface area (Å²) in [6.07, 6.45) is 35.4. The number of Topliss-reactive ketones (excluding diaryl/α,β-unsaturated/α-hetero) is 1. The number of anilines is 9. The first-order valence-corrected chi connectivity index (χ1v) is 36.0. The molecule has 6 N–H and O–H groups in total. The van der Waals surface area contributed by atoms with Crippen LogP contribution in [0.3, 0.4) is 0 Å². The lowest BCUT2D eigenvalue weighted by molar-refractivity contribution is 0.0908. The molecule has 0 atom stereocenters. The molecule has 504 valence electrons. The SMILES string of the molecule is C=C1CC2(CCCCC2)C2=C(Cc3cnc(Nc4ccc(N5CCNCC5)cn4)nc32)N1C.C=C1Cc2cc3cnc(Nc4ccc(N5CCNCC5)cn4)nc3n2C2(CCCCC2)C1.O=C1CCC2(CCCCC2)c2c1oc1cnc(Nc3ccc(N4CCNCC4)cn3)nc21. The Morgan fingerprint density at radius 1 is 0.536 bits per heavy atom. The molecule has 18 rings (SSSR count). The predicted molar refractivity (Wildman–Crippen MR) is 384 cm³/mol. The van der Waals surface area contributed by atoms with E-state index in [1.54, 1.807) is 6.20 Å². The molecule has 22 heteroatoms. The minimum atomic E-state index is 0.0154. The largest absolute Gasteiger partial charge is 0.449 e. The molecular weight excluding hydrogens is 1210 g/mol. The maximum Gasteiger partial charge on any atom is 0.230 e. The Kier molecular flexibility index (Phi) is 17.4. The highest BCUT2D eigenvalue weighted by Gasteiger charge is 2.48. The number of hydrogen-bond acceptors (Lipinski definition) is 21. The molecule has 0 radical (unpaired) electrons. The molecular formula is C75H92N20O2. The number of carbonyl (C=O) groups excluding carboxylic acids is 1. The molecule has 0 aromatic carbocycles. The van der Waals surface area contributed by atoms with Gasteiger partial charge < -0.3 is 60.5 Å². The highest BCUT2D eigenvalue weighted by atomic mass is 16.3. The Bertz CT molecular complexity index is 4240. The highest BCUT2D eigenvalue weighted by molar-refractivity contribution is 6.01. The quantitative estimate of drug-likeness (QED) is 0.0737. The smallest absolute Gasteiger partial charge is 0.230 e. The van der Waals surface area contributed by atoms with Gasteiger partial charge in [-0.15, -0.1) is 0 Å². The second-order valence-electron chi connectivity index (χ2n) is 28.8. The molecule has 5 aliphatic heterocycles. The van der Waals surface area contributed by atoms with Gasteiger partial charge in [-0.1, -0.05) is 76.5 Å². The summed E-state index contributed by atoms with van der Waals surface area (Å²) in [7, 11) is 2.16. The van der Waals surface area contributed by atoms with Crippen LogP contribution in [0.4, 0.5) is 52.4 Å². The van der Waals surface area contributed by atoms with Gasteiger partial charge in [0.25, 0.3) is 0 Å². The normalized spacial score (nSPS) is 21.0. The van der Waals surface area contributed by atoms with Gasteiger partial charge in [-0.05, 0) is 100 Å². The fraction of sp³-hybridized carbons (Fsp3) is 0.493. The fourth-order valence-electron chi connectivity index (χ4n) is 17.8. The van der Waals surface area contributed by atoms with E-state index in [0.717, 1.165) is 180 Å². The Balaban J connectivity index is 0.000000114. The van der Waals surface area contributed by atoms with Crippen LogP contribution in [0.2, 0.25) is 0 Å². The topological polar surface area (TPSA) is 236 Å². The fourth-order valence-corrected chi connectivity index (χ4v) is 17.8. The van der Waals surface area contributed by atoms with Crippen molar-refractivity contribution in [2.75, 3.05) is 116 Å². The van der Waals surface area contributed by atoms with Crippen LogP contribution in [-0.2, 0) is 23.8 Å². The zero-order valence-electron chi connectivity index (χ0n) is 56.3. The molecule has 22 nitrogen and oxygen atoms in total. The van der Waals surface area contributed by atoms with Crippen molar-refractivity contribution in [3.05, 3.63) is 138 Å². The number of pyridine rings is 3. The van der Waals surface area contributed by atoms with Crippen molar-refractivity contribution >= 4 is 85.9 Å². The third kappa shape index (κ3) is 12.6. The number of furan rings is 1. The maximum absolute atomic E-state index is 12.6. The molecule has 0 amide bonds. The lowest BCUT2D eigenvalue weighted by Crippen LogP contribution is -2.43. The number of allylic oxidation sites excluding steroid dienone is 4. The predicted octanol–water partition coefficient (Wildman–Crippen LogP) is 12.2. The zero-order chi connectivity index (χ0) is 65.5. The van der Waals surface area contributed by atoms with E-state index in [4.69, 9.17) is 19.4 Å². The highest BCUT2D eigenvalue weighted by Crippen LogP contribution is 2.58. The molecule has 5 aliphatic carbocycles. The Hall–Kier alpha value is -8.86. The summed E-state index contributed by atoms with van der Waals surface area (Å²) in [5.41, 5.74) is 16.4. The van der Waals surface area contributed by atoms with E-state index in [9.17, 15) is 4.79 Å². The molecule has 97 heavy (non-hydrogen) atoms. The van der Waals surface area contributed by atoms with Gasteiger partial charge in [0.1, 0.15) is 28.6 Å². The van der Waals surface area contributed by atoms with Gasteiger partial charge in [0.15, 0.2) is 17.1 Å². The molecule has 0 unspecified atom stereocenters. The molecule has 8 aromatic rings. The molecule has 8 aromatic heterocycles. The summed E-state index contributed by atoms with van der Waals surface area (Å²) in [5, 5.41) is 21.2. The second kappa shape index (κ2) is 26.9. The Morgan fingerprint density at radius 2 is 1.05 bits per heavy atom. The Labute approximate surface area is 568 Å². The number of piperazine rings is 3. The van der Waals surface area contributed by atoms with Crippen molar-refractivity contribution in [3.63, 3.8) is 0 Å². The van der Waals surface area contributed by atoms with E-state index in [2.05, 4.69) is 130 Å². The van der Waals surface area contributed by atoms with Crippen LogP contribution < -0.4 is 46.6 Å². The molecule has 0 bridgehead atoms. The van der Waals surface area contributed by atoms with Crippen LogP contribution in [0.1, 0.15) is 155 Å². The molecule has 10 aliphatic rings. The van der Waals surface area contributed by atoms with Crippen molar-refractivity contribution in [2.24, 2.45) is 5.41 Å². The van der Waals surface area contributed by atoms with E-state index < -0.39 is 0 Å². The third-order valence-corrected chi connectivity index (χ3v) is 22.7. The van der Waals surface area contributed by atoms with Gasteiger partial charge in [0, 0.05) is 173 Å². The third-order valence-electron chi connectivity index (χ3n) is 22.7. The zero-order valence-corrected chi connectivity index (χ0v) is 56.3. The van der Waals surface area contributed by atoms with E-state index in [1.807, 2.05) is 49.2 Å². The average Bonchev–Trinajstić information content (AvgIpc) is 1.54. The van der Waals surface area contributed by atoms with Crippen LogP contribution in [0.15, 0.2) is 114 Å². The number of ketones is 1. The van der Waals surface area contributed by atoms with Gasteiger partial charge >= 0.3 is 0 Å². The second-order valence-corrected chi connectivity index (χ2v) is 28.8. The van der Waals surface area contributed by atoms with E-state index in [1.165, 1.54) is 117 Å². The van der Waals surface area contributed by atoms with Gasteiger partial charge in [-0.25, -0.2) is 39.9 Å². The molecule has 6 fully saturated rings. The van der Waals surface area contributed by atoms with Crippen LogP contribution >= 0.6 is 0 Å². The van der Waals surface area contributed by atoms with Crippen molar-refractivity contribution in [2.45, 2.75) is 146 Å². The van der Waals surface area contributed by atoms with Crippen LogP contribution in [0.25, 0.3) is 27.7 Å². The van der Waals surface area contributed by atoms with E-state index >= 15 is 0 Å². The summed E-state index contributed by atoms with van der Waals surface area (Å²) < 4.78 is 8.52. The molecule has 3 saturated carbocycles. The molecule has 3 spiro atoms. The van der Waals surface area contributed by atoms with Crippen LogP contribution in [-0.4, -0.2) is 146 Å². The first-order chi connectivity index (χ1) is 47.5. The minimum absolute atomic E-state index is 0.0154. The summed E-state index contributed by atoms with van der Waals surface area (Å²) in [5.74, 6) is 4.57. The lowest BCUT2D eigenvalue weighted by Gasteiger charge is -2.46. The average molecular weight is 1310 g/mol. The summed E-state index contributed by atoms with van der Waals surface area (Å²) >= 11 is 0. The van der Waals surface area contributed by atoms with Crippen molar-refractivity contribution in [3.8, 4) is 0 Å². The lowest BCUT2D eigenvalue weighted by atomic mass is 9.63. The standard InChI is InChI=1S/C26H33N7.C25H31N7.C24H28N6O2/c1-18-15-26(8-4-3-5-9-26)23-21(32(18)2)14-19-16-29-25(31-24(19)23)30-22-7-6-20(17-28-22)33-12-10-27-11-13-33;1-18-13-21-14-19-16-28-24(30-23(19)32(21)25(15-18)7-3-2-4-8-25)29-22-6-5-20(17-27-22)31-11-9-26-10-12-31;31-17-6-9-24(7-2-1-3-8-24)20-21-18(32-22(17)20)15-27-23(29-21)28-19-5-4-16(14-26-19)30-12-10-25-11-13-30/h6-7,16-17,27H,1,3-5,8-15H2,2H3,(H,28,29,30,31);5-6,14,16-17,26H,1-4,7-13,15H2,(H,27,28,29,30);4-5,14-15,25H,1-3,6-13H2,(H,26,27,28,29). The van der Waals surface area contributed by atoms with Gasteiger partial charge in [-0.2, -0.15) is 4.98 Å².